The van der Waals surface area contributed by atoms with E-state index in [-0.39, 0.29) is 42.3 Å². The Bertz CT molecular complexity index is 1050. The molecule has 1 atom stereocenters. The minimum Gasteiger partial charge on any atom is -0.351 e. The summed E-state index contributed by atoms with van der Waals surface area (Å²) in [5, 5.41) is 10.2. The van der Waals surface area contributed by atoms with Gasteiger partial charge in [0.15, 0.2) is 9.84 Å². The van der Waals surface area contributed by atoms with Crippen LogP contribution in [-0.4, -0.2) is 72.6 Å². The van der Waals surface area contributed by atoms with Gasteiger partial charge in [-0.15, -0.1) is 0 Å². The number of anilines is 1. The van der Waals surface area contributed by atoms with Crippen molar-refractivity contribution in [3.05, 3.63) is 41.7 Å². The molecule has 1 unspecified atom stereocenters. The average Bonchev–Trinajstić information content (AvgIpc) is 3.19. The van der Waals surface area contributed by atoms with E-state index in [0.717, 1.165) is 17.1 Å². The maximum absolute atomic E-state index is 12.5. The van der Waals surface area contributed by atoms with Crippen molar-refractivity contribution < 1.29 is 18.0 Å². The van der Waals surface area contributed by atoms with Gasteiger partial charge in [-0.05, 0) is 39.4 Å². The van der Waals surface area contributed by atoms with Gasteiger partial charge in [-0.25, -0.2) is 13.1 Å². The molecule has 31 heavy (non-hydrogen) atoms. The summed E-state index contributed by atoms with van der Waals surface area (Å²) in [5.41, 5.74) is 3.19. The lowest BCUT2D eigenvalue weighted by Crippen LogP contribution is -2.42. The molecular weight excluding hydrogens is 418 g/mol. The molecule has 3 rings (SSSR count). The zero-order valence-corrected chi connectivity index (χ0v) is 18.9. The molecule has 0 radical (unpaired) electrons. The van der Waals surface area contributed by atoms with E-state index in [0.29, 0.717) is 18.7 Å². The Kier molecular flexibility index (Phi) is 7.11. The van der Waals surface area contributed by atoms with Crippen molar-refractivity contribution in [3.8, 4) is 5.69 Å². The lowest BCUT2D eigenvalue weighted by molar-refractivity contribution is -0.123. The fourth-order valence-corrected chi connectivity index (χ4v) is 5.32. The van der Waals surface area contributed by atoms with Gasteiger partial charge in [-0.2, -0.15) is 5.10 Å². The third kappa shape index (κ3) is 6.14. The van der Waals surface area contributed by atoms with Crippen LogP contribution in [0.3, 0.4) is 0 Å². The second-order valence-corrected chi connectivity index (χ2v) is 10.2. The zero-order valence-electron chi connectivity index (χ0n) is 18.1. The minimum atomic E-state index is -3.03. The van der Waals surface area contributed by atoms with E-state index in [1.165, 1.54) is 0 Å². The van der Waals surface area contributed by atoms with Gasteiger partial charge in [0.2, 0.25) is 11.8 Å². The number of para-hydroxylation sites is 1. The summed E-state index contributed by atoms with van der Waals surface area (Å²) in [6.07, 6.45) is 0.673. The molecule has 0 aliphatic carbocycles. The van der Waals surface area contributed by atoms with Crippen molar-refractivity contribution in [1.82, 2.24) is 20.0 Å². The molecule has 0 spiro atoms. The maximum atomic E-state index is 12.5. The summed E-state index contributed by atoms with van der Waals surface area (Å²) in [7, 11) is -1.28. The molecule has 2 heterocycles. The van der Waals surface area contributed by atoms with E-state index in [1.807, 2.05) is 44.2 Å². The summed E-state index contributed by atoms with van der Waals surface area (Å²) in [5.74, 6) is -0.276. The van der Waals surface area contributed by atoms with Gasteiger partial charge < -0.3 is 10.6 Å². The molecule has 1 aromatic carbocycles. The fraction of sp³-hybridized carbons (Fsp3) is 0.476. The predicted octanol–water partition coefficient (Wildman–Crippen LogP) is 1.05. The Morgan fingerprint density at radius 1 is 1.19 bits per heavy atom. The van der Waals surface area contributed by atoms with E-state index < -0.39 is 9.84 Å². The fourth-order valence-electron chi connectivity index (χ4n) is 3.64. The van der Waals surface area contributed by atoms with Crippen LogP contribution in [0.15, 0.2) is 30.3 Å². The standard InChI is InChI=1S/C21H29N5O4S/c1-15-21(16(2)26(24-15)18-7-5-4-6-8-18)23-19(27)9-11-25(3)13-20(28)22-17-10-12-31(29,30)14-17/h4-8,17H,9-14H2,1-3H3,(H,22,28)(H,23,27). The third-order valence-electron chi connectivity index (χ3n) is 5.29. The Hall–Kier alpha value is -2.72. The number of carbonyl (C=O) groups excluding carboxylic acids is 2. The van der Waals surface area contributed by atoms with Crippen LogP contribution < -0.4 is 10.6 Å². The first-order chi connectivity index (χ1) is 14.6. The normalized spacial score (nSPS) is 17.6. The molecule has 0 saturated carbocycles. The highest BCUT2D eigenvalue weighted by molar-refractivity contribution is 7.91. The first kappa shape index (κ1) is 23.0. The number of rotatable bonds is 8. The van der Waals surface area contributed by atoms with Crippen molar-refractivity contribution in [3.63, 3.8) is 0 Å². The van der Waals surface area contributed by atoms with Gasteiger partial charge in [0.05, 0.1) is 40.8 Å². The number of aryl methyl sites for hydroxylation is 1. The Morgan fingerprint density at radius 2 is 1.90 bits per heavy atom. The quantitative estimate of drug-likeness (QED) is 0.625. The van der Waals surface area contributed by atoms with Crippen molar-refractivity contribution in [1.29, 1.82) is 0 Å². The Labute approximate surface area is 182 Å². The van der Waals surface area contributed by atoms with Crippen molar-refractivity contribution in [2.75, 3.05) is 37.0 Å². The molecule has 2 aromatic rings. The molecular formula is C21H29N5O4S. The average molecular weight is 448 g/mol. The van der Waals surface area contributed by atoms with E-state index in [2.05, 4.69) is 15.7 Å². The van der Waals surface area contributed by atoms with E-state index >= 15 is 0 Å². The van der Waals surface area contributed by atoms with Crippen LogP contribution >= 0.6 is 0 Å². The lowest BCUT2D eigenvalue weighted by Gasteiger charge is -2.18. The summed E-state index contributed by atoms with van der Waals surface area (Å²) >= 11 is 0. The lowest BCUT2D eigenvalue weighted by atomic mass is 10.2. The van der Waals surface area contributed by atoms with Crippen LogP contribution in [0.2, 0.25) is 0 Å². The number of benzene rings is 1. The van der Waals surface area contributed by atoms with E-state index in [9.17, 15) is 18.0 Å². The monoisotopic (exact) mass is 447 g/mol. The second-order valence-electron chi connectivity index (χ2n) is 8.00. The third-order valence-corrected chi connectivity index (χ3v) is 7.06. The van der Waals surface area contributed by atoms with Crippen LogP contribution in [0.5, 0.6) is 0 Å². The SMILES string of the molecule is Cc1nn(-c2ccccc2)c(C)c1NC(=O)CCN(C)CC(=O)NC1CCS(=O)(=O)C1. The molecule has 1 saturated heterocycles. The second kappa shape index (κ2) is 9.61. The first-order valence-electron chi connectivity index (χ1n) is 10.2. The van der Waals surface area contributed by atoms with Gasteiger partial charge in [0.1, 0.15) is 0 Å². The van der Waals surface area contributed by atoms with Crippen LogP contribution in [0.1, 0.15) is 24.2 Å². The maximum Gasteiger partial charge on any atom is 0.234 e. The van der Waals surface area contributed by atoms with Crippen molar-refractivity contribution >= 4 is 27.3 Å². The molecule has 1 aliphatic heterocycles. The van der Waals surface area contributed by atoms with Gasteiger partial charge in [-0.1, -0.05) is 18.2 Å². The molecule has 1 fully saturated rings. The van der Waals surface area contributed by atoms with Gasteiger partial charge in [-0.3, -0.25) is 14.5 Å². The molecule has 2 amide bonds. The molecule has 168 valence electrons. The van der Waals surface area contributed by atoms with Gasteiger partial charge in [0, 0.05) is 19.0 Å². The number of hydrogen-bond donors (Lipinski definition) is 2. The van der Waals surface area contributed by atoms with Crippen LogP contribution in [-0.2, 0) is 19.4 Å². The molecule has 2 N–H and O–H groups in total. The number of aromatic nitrogens is 2. The molecule has 1 aromatic heterocycles. The number of likely N-dealkylation sites (N-methyl/N-ethyl adjacent to an activating group) is 1. The number of nitrogens with one attached hydrogen (secondary N) is 2. The number of amides is 2. The minimum absolute atomic E-state index is 0.000225. The summed E-state index contributed by atoms with van der Waals surface area (Å²) < 4.78 is 24.8. The first-order valence-corrected chi connectivity index (χ1v) is 12.1. The Morgan fingerprint density at radius 3 is 2.55 bits per heavy atom. The summed E-state index contributed by atoms with van der Waals surface area (Å²) in [4.78, 5) is 26.3. The van der Waals surface area contributed by atoms with E-state index in [1.54, 1.807) is 16.6 Å². The highest BCUT2D eigenvalue weighted by atomic mass is 32.2. The number of nitrogens with zero attached hydrogens (tertiary/aromatic N) is 3. The van der Waals surface area contributed by atoms with Crippen LogP contribution in [0.4, 0.5) is 5.69 Å². The largest absolute Gasteiger partial charge is 0.351 e. The molecule has 9 nitrogen and oxygen atoms in total. The number of hydrogen-bond acceptors (Lipinski definition) is 6. The highest BCUT2D eigenvalue weighted by Crippen LogP contribution is 2.22. The smallest absolute Gasteiger partial charge is 0.234 e. The summed E-state index contributed by atoms with van der Waals surface area (Å²) in [6, 6.07) is 9.38. The van der Waals surface area contributed by atoms with Gasteiger partial charge in [0.25, 0.3) is 0 Å². The topological polar surface area (TPSA) is 113 Å². The van der Waals surface area contributed by atoms with Crippen molar-refractivity contribution in [2.45, 2.75) is 32.7 Å². The highest BCUT2D eigenvalue weighted by Gasteiger charge is 2.29. The Balaban J connectivity index is 1.48. The zero-order chi connectivity index (χ0) is 22.6. The molecule has 0 bridgehead atoms. The summed E-state index contributed by atoms with van der Waals surface area (Å²) in [6.45, 7) is 4.25. The van der Waals surface area contributed by atoms with Crippen molar-refractivity contribution in [2.24, 2.45) is 0 Å². The van der Waals surface area contributed by atoms with E-state index in [4.69, 9.17) is 0 Å². The molecule has 10 heteroatoms. The number of carbonyl (C=O) groups is 2. The van der Waals surface area contributed by atoms with Crippen LogP contribution in [0, 0.1) is 13.8 Å². The molecule has 1 aliphatic rings. The predicted molar refractivity (Wildman–Crippen MR) is 119 cm³/mol. The number of sulfone groups is 1. The van der Waals surface area contributed by atoms with Crippen LogP contribution in [0.25, 0.3) is 5.69 Å². The van der Waals surface area contributed by atoms with Gasteiger partial charge >= 0.3 is 0 Å².